The van der Waals surface area contributed by atoms with Crippen molar-refractivity contribution in [3.63, 3.8) is 0 Å². The molecule has 2 N–H and O–H groups in total. The summed E-state index contributed by atoms with van der Waals surface area (Å²) in [5.41, 5.74) is 2.99. The number of hydrogen-bond acceptors (Lipinski definition) is 2. The maximum absolute atomic E-state index is 13.9. The fraction of sp³-hybridized carbons (Fsp3) is 0.0909. The summed E-state index contributed by atoms with van der Waals surface area (Å²) in [7, 11) is 0. The molecule has 2 amide bonds. The van der Waals surface area contributed by atoms with E-state index in [9.17, 15) is 14.0 Å². The molecule has 0 spiro atoms. The van der Waals surface area contributed by atoms with Crippen LogP contribution in [0.4, 0.5) is 15.8 Å². The van der Waals surface area contributed by atoms with Crippen LogP contribution in [0.25, 0.3) is 0 Å². The molecule has 0 unspecified atom stereocenters. The molecule has 27 heavy (non-hydrogen) atoms. The second kappa shape index (κ2) is 7.83. The van der Waals surface area contributed by atoms with Crippen LogP contribution in [0.1, 0.15) is 31.8 Å². The highest BCUT2D eigenvalue weighted by Gasteiger charge is 2.15. The summed E-state index contributed by atoms with van der Waals surface area (Å²) in [5, 5.41) is 5.32. The minimum Gasteiger partial charge on any atom is -0.321 e. The monoisotopic (exact) mass is 362 g/mol. The Morgan fingerprint density at radius 3 is 2.22 bits per heavy atom. The van der Waals surface area contributed by atoms with Crippen LogP contribution in [0.5, 0.6) is 0 Å². The summed E-state index contributed by atoms with van der Waals surface area (Å²) in [6, 6.07) is 18.3. The van der Waals surface area contributed by atoms with E-state index in [2.05, 4.69) is 10.6 Å². The standard InChI is InChI=1S/C22H19FN2O2/c1-14-6-5-7-16(12-14)21(26)24-19-9-4-3-8-17(19)22(27)25-20-13-15(2)10-11-18(20)23/h3-13H,1-2H3,(H,24,26)(H,25,27). The van der Waals surface area contributed by atoms with Crippen LogP contribution < -0.4 is 10.6 Å². The number of amides is 2. The Hall–Kier alpha value is -3.47. The molecule has 3 aromatic rings. The zero-order valence-corrected chi connectivity index (χ0v) is 15.0. The van der Waals surface area contributed by atoms with E-state index in [1.807, 2.05) is 19.9 Å². The third-order valence-corrected chi connectivity index (χ3v) is 4.07. The Labute approximate surface area is 157 Å². The lowest BCUT2D eigenvalue weighted by atomic mass is 10.1. The predicted molar refractivity (Wildman–Crippen MR) is 105 cm³/mol. The van der Waals surface area contributed by atoms with Crippen molar-refractivity contribution in [2.45, 2.75) is 13.8 Å². The molecule has 0 heterocycles. The molecule has 3 rings (SSSR count). The van der Waals surface area contributed by atoms with Crippen molar-refractivity contribution in [3.8, 4) is 0 Å². The maximum Gasteiger partial charge on any atom is 0.257 e. The second-order valence-electron chi connectivity index (χ2n) is 6.31. The van der Waals surface area contributed by atoms with Crippen molar-refractivity contribution in [1.82, 2.24) is 0 Å². The molecule has 0 radical (unpaired) electrons. The summed E-state index contributed by atoms with van der Waals surface area (Å²) < 4.78 is 13.9. The zero-order chi connectivity index (χ0) is 19.4. The molecule has 0 bridgehead atoms. The lowest BCUT2D eigenvalue weighted by molar-refractivity contribution is 0.102. The molecule has 0 fully saturated rings. The van der Waals surface area contributed by atoms with Gasteiger partial charge < -0.3 is 10.6 Å². The van der Waals surface area contributed by atoms with Crippen molar-refractivity contribution >= 4 is 23.2 Å². The molecule has 0 aliphatic rings. The molecular weight excluding hydrogens is 343 g/mol. The maximum atomic E-state index is 13.9. The number of rotatable bonds is 4. The van der Waals surface area contributed by atoms with E-state index in [0.29, 0.717) is 11.3 Å². The number of hydrogen-bond donors (Lipinski definition) is 2. The van der Waals surface area contributed by atoms with E-state index < -0.39 is 11.7 Å². The molecule has 136 valence electrons. The Morgan fingerprint density at radius 2 is 1.44 bits per heavy atom. The number of aryl methyl sites for hydroxylation is 2. The number of halogens is 1. The number of para-hydroxylation sites is 1. The van der Waals surface area contributed by atoms with Gasteiger partial charge in [-0.3, -0.25) is 9.59 Å². The van der Waals surface area contributed by atoms with Gasteiger partial charge in [-0.05, 0) is 55.8 Å². The highest BCUT2D eigenvalue weighted by molar-refractivity contribution is 6.12. The first-order valence-electron chi connectivity index (χ1n) is 8.48. The molecule has 4 nitrogen and oxygen atoms in total. The summed E-state index contributed by atoms with van der Waals surface area (Å²) in [4.78, 5) is 25.1. The van der Waals surface area contributed by atoms with E-state index in [0.717, 1.165) is 11.1 Å². The Balaban J connectivity index is 1.84. The van der Waals surface area contributed by atoms with Crippen molar-refractivity contribution < 1.29 is 14.0 Å². The number of carbonyl (C=O) groups excluding carboxylic acids is 2. The van der Waals surface area contributed by atoms with E-state index in [-0.39, 0.29) is 17.2 Å². The minimum absolute atomic E-state index is 0.0970. The van der Waals surface area contributed by atoms with Crippen LogP contribution in [-0.4, -0.2) is 11.8 Å². The Kier molecular flexibility index (Phi) is 5.31. The topological polar surface area (TPSA) is 58.2 Å². The van der Waals surface area contributed by atoms with Gasteiger partial charge >= 0.3 is 0 Å². The van der Waals surface area contributed by atoms with Crippen molar-refractivity contribution in [2.24, 2.45) is 0 Å². The fourth-order valence-electron chi connectivity index (χ4n) is 2.70. The van der Waals surface area contributed by atoms with Gasteiger partial charge in [-0.25, -0.2) is 4.39 Å². The predicted octanol–water partition coefficient (Wildman–Crippen LogP) is 4.95. The van der Waals surface area contributed by atoms with Gasteiger partial charge in [0, 0.05) is 5.56 Å². The van der Waals surface area contributed by atoms with Gasteiger partial charge in [0.15, 0.2) is 0 Å². The number of benzene rings is 3. The van der Waals surface area contributed by atoms with Gasteiger partial charge in [0.1, 0.15) is 5.82 Å². The molecular formula is C22H19FN2O2. The Bertz CT molecular complexity index is 1010. The number of nitrogens with one attached hydrogen (secondary N) is 2. The van der Waals surface area contributed by atoms with Gasteiger partial charge in [-0.15, -0.1) is 0 Å². The molecule has 0 aliphatic carbocycles. The highest BCUT2D eigenvalue weighted by Crippen LogP contribution is 2.21. The van der Waals surface area contributed by atoms with Crippen LogP contribution >= 0.6 is 0 Å². The van der Waals surface area contributed by atoms with E-state index in [4.69, 9.17) is 0 Å². The molecule has 0 aromatic heterocycles. The van der Waals surface area contributed by atoms with Crippen molar-refractivity contribution in [2.75, 3.05) is 10.6 Å². The minimum atomic E-state index is -0.518. The summed E-state index contributed by atoms with van der Waals surface area (Å²) in [6.07, 6.45) is 0. The molecule has 3 aromatic carbocycles. The zero-order valence-electron chi connectivity index (χ0n) is 15.0. The normalized spacial score (nSPS) is 10.3. The SMILES string of the molecule is Cc1cccc(C(=O)Nc2ccccc2C(=O)Nc2cc(C)ccc2F)c1. The summed E-state index contributed by atoms with van der Waals surface area (Å²) in [6.45, 7) is 3.71. The largest absolute Gasteiger partial charge is 0.321 e. The summed E-state index contributed by atoms with van der Waals surface area (Å²) in [5.74, 6) is -1.34. The van der Waals surface area contributed by atoms with E-state index >= 15 is 0 Å². The van der Waals surface area contributed by atoms with Crippen LogP contribution in [0.2, 0.25) is 0 Å². The van der Waals surface area contributed by atoms with Crippen LogP contribution in [0.3, 0.4) is 0 Å². The third kappa shape index (κ3) is 4.39. The first-order valence-corrected chi connectivity index (χ1v) is 8.48. The van der Waals surface area contributed by atoms with Crippen molar-refractivity contribution in [1.29, 1.82) is 0 Å². The molecule has 0 aliphatic heterocycles. The van der Waals surface area contributed by atoms with Crippen LogP contribution in [0.15, 0.2) is 66.7 Å². The third-order valence-electron chi connectivity index (χ3n) is 4.07. The van der Waals surface area contributed by atoms with Gasteiger partial charge in [-0.1, -0.05) is 35.9 Å². The molecule has 0 saturated heterocycles. The molecule has 0 atom stereocenters. The first kappa shape index (κ1) is 18.3. The summed E-state index contributed by atoms with van der Waals surface area (Å²) >= 11 is 0. The average molecular weight is 362 g/mol. The van der Waals surface area contributed by atoms with Gasteiger partial charge in [0.25, 0.3) is 11.8 Å². The smallest absolute Gasteiger partial charge is 0.257 e. The van der Waals surface area contributed by atoms with Crippen molar-refractivity contribution in [3.05, 3.63) is 94.8 Å². The van der Waals surface area contributed by atoms with Gasteiger partial charge in [0.2, 0.25) is 0 Å². The molecule has 0 saturated carbocycles. The lowest BCUT2D eigenvalue weighted by Crippen LogP contribution is -2.18. The van der Waals surface area contributed by atoms with Gasteiger partial charge in [-0.2, -0.15) is 0 Å². The van der Waals surface area contributed by atoms with E-state index in [1.165, 1.54) is 6.07 Å². The quantitative estimate of drug-likeness (QED) is 0.690. The first-order chi connectivity index (χ1) is 12.9. The van der Waals surface area contributed by atoms with E-state index in [1.54, 1.807) is 54.6 Å². The average Bonchev–Trinajstić information content (AvgIpc) is 2.65. The fourth-order valence-corrected chi connectivity index (χ4v) is 2.70. The van der Waals surface area contributed by atoms with Crippen LogP contribution in [0, 0.1) is 19.7 Å². The number of anilines is 2. The highest BCUT2D eigenvalue weighted by atomic mass is 19.1. The van der Waals surface area contributed by atoms with Gasteiger partial charge in [0.05, 0.1) is 16.9 Å². The lowest BCUT2D eigenvalue weighted by Gasteiger charge is -2.12. The van der Waals surface area contributed by atoms with Crippen LogP contribution in [-0.2, 0) is 0 Å². The number of carbonyl (C=O) groups is 2. The Morgan fingerprint density at radius 1 is 0.741 bits per heavy atom. The molecule has 5 heteroatoms. The second-order valence-corrected chi connectivity index (χ2v) is 6.31.